The largest absolute Gasteiger partial charge is 0.373 e. The van der Waals surface area contributed by atoms with E-state index in [2.05, 4.69) is 28.9 Å². The van der Waals surface area contributed by atoms with Gasteiger partial charge in [0, 0.05) is 32.9 Å². The Labute approximate surface area is 103 Å². The number of rotatable bonds is 4. The molecule has 1 aliphatic heterocycles. The summed E-state index contributed by atoms with van der Waals surface area (Å²) in [5, 5.41) is 0. The van der Waals surface area contributed by atoms with Gasteiger partial charge in [-0.25, -0.2) is 0 Å². The molecule has 0 aromatic carbocycles. The Morgan fingerprint density at radius 3 is 3.06 bits per heavy atom. The van der Waals surface area contributed by atoms with Crippen LogP contribution in [-0.4, -0.2) is 43.6 Å². The van der Waals surface area contributed by atoms with Crippen LogP contribution >= 0.6 is 0 Å². The van der Waals surface area contributed by atoms with Crippen molar-refractivity contribution in [3.63, 3.8) is 0 Å². The molecule has 1 atom stereocenters. The Morgan fingerprint density at radius 2 is 2.41 bits per heavy atom. The van der Waals surface area contributed by atoms with Crippen LogP contribution in [0.2, 0.25) is 0 Å². The highest BCUT2D eigenvalue weighted by molar-refractivity contribution is 5.50. The van der Waals surface area contributed by atoms with Gasteiger partial charge in [-0.2, -0.15) is 0 Å². The first-order valence-corrected chi connectivity index (χ1v) is 6.23. The van der Waals surface area contributed by atoms with Crippen LogP contribution in [0.1, 0.15) is 12.0 Å². The monoisotopic (exact) mass is 234 g/mol. The molecular weight excluding hydrogens is 212 g/mol. The van der Waals surface area contributed by atoms with E-state index in [-0.39, 0.29) is 0 Å². The molecule has 1 aliphatic rings. The van der Waals surface area contributed by atoms with Crippen molar-refractivity contribution >= 4 is 5.69 Å². The maximum atomic E-state index is 5.76. The zero-order valence-electron chi connectivity index (χ0n) is 10.8. The van der Waals surface area contributed by atoms with E-state index in [0.29, 0.717) is 6.54 Å². The van der Waals surface area contributed by atoms with Crippen molar-refractivity contribution in [2.24, 2.45) is 11.7 Å². The molecule has 4 nitrogen and oxygen atoms in total. The van der Waals surface area contributed by atoms with Crippen molar-refractivity contribution in [1.82, 2.24) is 9.88 Å². The summed E-state index contributed by atoms with van der Waals surface area (Å²) >= 11 is 0. The first-order valence-electron chi connectivity index (χ1n) is 6.23. The average Bonchev–Trinajstić information content (AvgIpc) is 2.74. The maximum Gasteiger partial charge on any atom is 0.0595 e. The topological polar surface area (TPSA) is 45.4 Å². The van der Waals surface area contributed by atoms with Crippen LogP contribution in [0.4, 0.5) is 5.69 Å². The number of hydrogen-bond donors (Lipinski definition) is 1. The first kappa shape index (κ1) is 12.3. The molecule has 1 fully saturated rings. The van der Waals surface area contributed by atoms with Crippen LogP contribution in [-0.2, 0) is 6.54 Å². The van der Waals surface area contributed by atoms with Crippen LogP contribution in [0, 0.1) is 5.92 Å². The Morgan fingerprint density at radius 1 is 1.59 bits per heavy atom. The van der Waals surface area contributed by atoms with Crippen molar-refractivity contribution in [3.05, 3.63) is 24.0 Å². The Balaban J connectivity index is 2.01. The molecule has 0 aliphatic carbocycles. The highest BCUT2D eigenvalue weighted by Crippen LogP contribution is 2.21. The molecule has 4 heteroatoms. The van der Waals surface area contributed by atoms with Crippen molar-refractivity contribution in [3.8, 4) is 0 Å². The standard InChI is InChI=1S/C13H22N4/c1-16-6-4-11(9-16)10-17(2)13-8-15-5-3-12(13)7-14/h3,5,8,11H,4,6-7,9-10,14H2,1-2H3. The molecule has 2 N–H and O–H groups in total. The van der Waals surface area contributed by atoms with Gasteiger partial charge in [0.25, 0.3) is 0 Å². The maximum absolute atomic E-state index is 5.76. The van der Waals surface area contributed by atoms with Gasteiger partial charge in [-0.05, 0) is 37.6 Å². The predicted molar refractivity (Wildman–Crippen MR) is 71.0 cm³/mol. The fourth-order valence-corrected chi connectivity index (χ4v) is 2.59. The van der Waals surface area contributed by atoms with Crippen LogP contribution in [0.15, 0.2) is 18.5 Å². The van der Waals surface area contributed by atoms with Gasteiger partial charge >= 0.3 is 0 Å². The molecule has 17 heavy (non-hydrogen) atoms. The van der Waals surface area contributed by atoms with Gasteiger partial charge in [0.05, 0.1) is 11.9 Å². The van der Waals surface area contributed by atoms with E-state index in [4.69, 9.17) is 5.73 Å². The number of hydrogen-bond acceptors (Lipinski definition) is 4. The molecule has 1 unspecified atom stereocenters. The summed E-state index contributed by atoms with van der Waals surface area (Å²) in [6, 6.07) is 2.01. The van der Waals surface area contributed by atoms with Crippen LogP contribution in [0.25, 0.3) is 0 Å². The van der Waals surface area contributed by atoms with E-state index >= 15 is 0 Å². The van der Waals surface area contributed by atoms with Crippen molar-refractivity contribution in [2.75, 3.05) is 38.6 Å². The molecule has 1 aromatic rings. The van der Waals surface area contributed by atoms with Gasteiger partial charge in [0.1, 0.15) is 0 Å². The molecule has 0 radical (unpaired) electrons. The number of nitrogens with zero attached hydrogens (tertiary/aromatic N) is 3. The van der Waals surface area contributed by atoms with E-state index in [1.165, 1.54) is 30.8 Å². The van der Waals surface area contributed by atoms with Gasteiger partial charge in [-0.15, -0.1) is 0 Å². The highest BCUT2D eigenvalue weighted by Gasteiger charge is 2.21. The molecule has 2 rings (SSSR count). The van der Waals surface area contributed by atoms with Crippen LogP contribution < -0.4 is 10.6 Å². The lowest BCUT2D eigenvalue weighted by Gasteiger charge is -2.24. The third-order valence-electron chi connectivity index (χ3n) is 3.54. The summed E-state index contributed by atoms with van der Waals surface area (Å²) in [7, 11) is 4.32. The Hall–Kier alpha value is -1.13. The molecule has 1 saturated heterocycles. The SMILES string of the molecule is CN1CCC(CN(C)c2cnccc2CN)C1. The van der Waals surface area contributed by atoms with Crippen LogP contribution in [0.3, 0.4) is 0 Å². The summed E-state index contributed by atoms with van der Waals surface area (Å²) in [6.45, 7) is 4.08. The highest BCUT2D eigenvalue weighted by atomic mass is 15.2. The van der Waals surface area contributed by atoms with Crippen molar-refractivity contribution in [1.29, 1.82) is 0 Å². The number of pyridine rings is 1. The number of nitrogens with two attached hydrogens (primary N) is 1. The smallest absolute Gasteiger partial charge is 0.0595 e. The van der Waals surface area contributed by atoms with Crippen LogP contribution in [0.5, 0.6) is 0 Å². The lowest BCUT2D eigenvalue weighted by Crippen LogP contribution is -2.28. The zero-order chi connectivity index (χ0) is 12.3. The molecule has 0 bridgehead atoms. The lowest BCUT2D eigenvalue weighted by atomic mass is 10.1. The summed E-state index contributed by atoms with van der Waals surface area (Å²) in [6.07, 6.45) is 5.02. The van der Waals surface area contributed by atoms with Gasteiger partial charge in [0.2, 0.25) is 0 Å². The first-order chi connectivity index (χ1) is 8.20. The van der Waals surface area contributed by atoms with E-state index in [1.807, 2.05) is 18.5 Å². The summed E-state index contributed by atoms with van der Waals surface area (Å²) in [5.41, 5.74) is 8.10. The second kappa shape index (κ2) is 5.47. The van der Waals surface area contributed by atoms with Gasteiger partial charge in [-0.3, -0.25) is 4.98 Å². The minimum Gasteiger partial charge on any atom is -0.373 e. The van der Waals surface area contributed by atoms with Gasteiger partial charge in [-0.1, -0.05) is 0 Å². The van der Waals surface area contributed by atoms with E-state index in [9.17, 15) is 0 Å². The summed E-state index contributed by atoms with van der Waals surface area (Å²) in [4.78, 5) is 8.88. The van der Waals surface area contributed by atoms with Gasteiger partial charge < -0.3 is 15.5 Å². The van der Waals surface area contributed by atoms with E-state index in [0.717, 1.165) is 12.5 Å². The molecule has 0 saturated carbocycles. The fraction of sp³-hybridized carbons (Fsp3) is 0.615. The molecule has 94 valence electrons. The molecule has 1 aromatic heterocycles. The zero-order valence-corrected chi connectivity index (χ0v) is 10.8. The third kappa shape index (κ3) is 2.96. The normalized spacial score (nSPS) is 20.8. The average molecular weight is 234 g/mol. The lowest BCUT2D eigenvalue weighted by molar-refractivity contribution is 0.396. The van der Waals surface area contributed by atoms with Gasteiger partial charge in [0.15, 0.2) is 0 Å². The minimum atomic E-state index is 0.576. The number of likely N-dealkylation sites (tertiary alicyclic amines) is 1. The molecule has 0 spiro atoms. The predicted octanol–water partition coefficient (Wildman–Crippen LogP) is 0.928. The third-order valence-corrected chi connectivity index (χ3v) is 3.54. The molecule has 0 amide bonds. The van der Waals surface area contributed by atoms with E-state index < -0.39 is 0 Å². The minimum absolute atomic E-state index is 0.576. The quantitative estimate of drug-likeness (QED) is 0.842. The molecule has 2 heterocycles. The number of aromatic nitrogens is 1. The van der Waals surface area contributed by atoms with E-state index in [1.54, 1.807) is 0 Å². The second-order valence-corrected chi connectivity index (χ2v) is 5.01. The molecular formula is C13H22N4. The summed E-state index contributed by atoms with van der Waals surface area (Å²) < 4.78 is 0. The second-order valence-electron chi connectivity index (χ2n) is 5.01. The fourth-order valence-electron chi connectivity index (χ4n) is 2.59. The summed E-state index contributed by atoms with van der Waals surface area (Å²) in [5.74, 6) is 0.760. The Kier molecular flexibility index (Phi) is 3.97. The number of anilines is 1. The Bertz CT molecular complexity index is 366. The van der Waals surface area contributed by atoms with Crippen molar-refractivity contribution in [2.45, 2.75) is 13.0 Å². The van der Waals surface area contributed by atoms with Crippen molar-refractivity contribution < 1.29 is 0 Å².